The minimum Gasteiger partial charge on any atom is -0.481 e. The van der Waals surface area contributed by atoms with Crippen molar-refractivity contribution < 1.29 is 24.2 Å². The highest BCUT2D eigenvalue weighted by molar-refractivity contribution is 9.10. The van der Waals surface area contributed by atoms with E-state index in [1.165, 1.54) is 26.0 Å². The van der Waals surface area contributed by atoms with Gasteiger partial charge in [0.1, 0.15) is 11.7 Å². The molecule has 0 amide bonds. The first kappa shape index (κ1) is 16.4. The Labute approximate surface area is 134 Å². The summed E-state index contributed by atoms with van der Waals surface area (Å²) in [7, 11) is 0. The molecule has 116 valence electrons. The highest BCUT2D eigenvalue weighted by Crippen LogP contribution is 2.40. The smallest absolute Gasteiger partial charge is 0.334 e. The van der Waals surface area contributed by atoms with Crippen molar-refractivity contribution >= 4 is 33.6 Å². The molecule has 1 aromatic rings. The molecule has 22 heavy (non-hydrogen) atoms. The molecule has 0 saturated heterocycles. The minimum absolute atomic E-state index is 0.0293. The Bertz CT molecular complexity index is 726. The van der Waals surface area contributed by atoms with E-state index in [4.69, 9.17) is 0 Å². The van der Waals surface area contributed by atoms with Crippen LogP contribution in [0.15, 0.2) is 38.9 Å². The van der Waals surface area contributed by atoms with Gasteiger partial charge in [-0.05, 0) is 31.5 Å². The van der Waals surface area contributed by atoms with E-state index in [0.717, 1.165) is 0 Å². The molecule has 0 fully saturated rings. The second kappa shape index (κ2) is 6.00. The maximum Gasteiger partial charge on any atom is 0.334 e. The lowest BCUT2D eigenvalue weighted by Gasteiger charge is -2.29. The Morgan fingerprint density at radius 3 is 2.41 bits per heavy atom. The Kier molecular flexibility index (Phi) is 4.46. The lowest BCUT2D eigenvalue weighted by atomic mass is 9.75. The number of hydrogen-bond donors (Lipinski definition) is 2. The first-order valence-electron chi connectivity index (χ1n) is 6.41. The van der Waals surface area contributed by atoms with Crippen molar-refractivity contribution in [2.45, 2.75) is 19.8 Å². The number of nitrogens with zero attached hydrogens (tertiary/aromatic N) is 1. The van der Waals surface area contributed by atoms with Crippen molar-refractivity contribution in [3.63, 3.8) is 0 Å². The number of halogens is 2. The average molecular weight is 370 g/mol. The Morgan fingerprint density at radius 2 is 1.91 bits per heavy atom. The predicted octanol–water partition coefficient (Wildman–Crippen LogP) is 3.21. The average Bonchev–Trinajstić information content (AvgIpc) is 2.36. The van der Waals surface area contributed by atoms with Gasteiger partial charge < -0.3 is 10.2 Å². The molecule has 5 nitrogen and oxygen atoms in total. The molecule has 1 aromatic carbocycles. The van der Waals surface area contributed by atoms with Gasteiger partial charge in [-0.15, -0.1) is 0 Å². The first-order chi connectivity index (χ1) is 10.2. The number of allylic oxidation sites excluding steroid dienone is 1. The Morgan fingerprint density at radius 1 is 1.27 bits per heavy atom. The maximum absolute atomic E-state index is 14.3. The highest BCUT2D eigenvalue weighted by Gasteiger charge is 2.42. The number of rotatable bonds is 3. The van der Waals surface area contributed by atoms with Crippen molar-refractivity contribution in [1.29, 1.82) is 0 Å². The van der Waals surface area contributed by atoms with Gasteiger partial charge in [-0.2, -0.15) is 0 Å². The van der Waals surface area contributed by atoms with Crippen LogP contribution >= 0.6 is 15.9 Å². The molecule has 0 aromatic heterocycles. The third-order valence-corrected chi connectivity index (χ3v) is 4.12. The molecular formula is C15H13BrFNO4. The van der Waals surface area contributed by atoms with Gasteiger partial charge in [0.25, 0.3) is 0 Å². The van der Waals surface area contributed by atoms with E-state index in [1.807, 2.05) is 0 Å². The molecule has 2 rings (SSSR count). The second-order valence-electron chi connectivity index (χ2n) is 5.02. The molecule has 2 N–H and O–H groups in total. The van der Waals surface area contributed by atoms with Gasteiger partial charge in [-0.3, -0.25) is 9.79 Å². The van der Waals surface area contributed by atoms with Gasteiger partial charge in [0.05, 0.1) is 5.57 Å². The fourth-order valence-corrected chi connectivity index (χ4v) is 3.06. The standard InChI is InChI=1S/C15H13BrFNO4/c1-6-11(14(19)20)13(12(15(21)22)7(2)18-6)9-4-3-8(16)5-10(9)17/h3-5,11,13H,1-2H3,(H,19,20)(H,21,22). The summed E-state index contributed by atoms with van der Waals surface area (Å²) in [6.07, 6.45) is 0. The summed E-state index contributed by atoms with van der Waals surface area (Å²) < 4.78 is 14.8. The van der Waals surface area contributed by atoms with Crippen LogP contribution in [0.2, 0.25) is 0 Å². The van der Waals surface area contributed by atoms with E-state index in [1.54, 1.807) is 6.07 Å². The van der Waals surface area contributed by atoms with E-state index in [-0.39, 0.29) is 22.5 Å². The van der Waals surface area contributed by atoms with Gasteiger partial charge in [-0.1, -0.05) is 22.0 Å². The van der Waals surface area contributed by atoms with Gasteiger partial charge in [0.15, 0.2) is 0 Å². The number of hydrogen-bond acceptors (Lipinski definition) is 3. The molecule has 7 heteroatoms. The zero-order chi connectivity index (χ0) is 16.6. The van der Waals surface area contributed by atoms with Gasteiger partial charge in [0, 0.05) is 21.8 Å². The molecule has 0 saturated carbocycles. The van der Waals surface area contributed by atoms with Crippen molar-refractivity contribution in [3.8, 4) is 0 Å². The fraction of sp³-hybridized carbons (Fsp3) is 0.267. The summed E-state index contributed by atoms with van der Waals surface area (Å²) >= 11 is 3.12. The number of aliphatic carboxylic acids is 2. The van der Waals surface area contributed by atoms with E-state index in [2.05, 4.69) is 20.9 Å². The molecule has 0 radical (unpaired) electrons. The number of carbonyl (C=O) groups is 2. The minimum atomic E-state index is -1.30. The van der Waals surface area contributed by atoms with E-state index >= 15 is 0 Å². The van der Waals surface area contributed by atoms with Crippen LogP contribution in [0.25, 0.3) is 0 Å². The summed E-state index contributed by atoms with van der Waals surface area (Å²) in [6.45, 7) is 2.99. The SMILES string of the molecule is CC1=NC(C)=C(C(=O)O)C(c2ccc(Br)cc2F)C1C(=O)O. The number of carboxylic acid groups (broad SMARTS) is 2. The molecule has 0 aliphatic carbocycles. The fourth-order valence-electron chi connectivity index (χ4n) is 2.73. The number of carboxylic acids is 2. The van der Waals surface area contributed by atoms with E-state index in [0.29, 0.717) is 4.47 Å². The summed E-state index contributed by atoms with van der Waals surface area (Å²) in [5, 5.41) is 18.9. The van der Waals surface area contributed by atoms with Crippen LogP contribution < -0.4 is 0 Å². The van der Waals surface area contributed by atoms with Crippen LogP contribution in [0.1, 0.15) is 25.3 Å². The number of aliphatic imine (C=N–C) groups is 1. The lowest BCUT2D eigenvalue weighted by Crippen LogP contribution is -2.35. The second-order valence-corrected chi connectivity index (χ2v) is 5.93. The summed E-state index contributed by atoms with van der Waals surface area (Å²) in [5.41, 5.74) is 0.276. The molecule has 0 spiro atoms. The third-order valence-electron chi connectivity index (χ3n) is 3.62. The van der Waals surface area contributed by atoms with Gasteiger partial charge in [0.2, 0.25) is 0 Å². The first-order valence-corrected chi connectivity index (χ1v) is 7.20. The van der Waals surface area contributed by atoms with Crippen LogP contribution in [0.3, 0.4) is 0 Å². The van der Waals surface area contributed by atoms with Crippen LogP contribution in [0, 0.1) is 11.7 Å². The topological polar surface area (TPSA) is 87.0 Å². The highest BCUT2D eigenvalue weighted by atomic mass is 79.9. The van der Waals surface area contributed by atoms with Crippen molar-refractivity contribution in [1.82, 2.24) is 0 Å². The van der Waals surface area contributed by atoms with Crippen molar-refractivity contribution in [2.75, 3.05) is 0 Å². The van der Waals surface area contributed by atoms with Crippen molar-refractivity contribution in [2.24, 2.45) is 10.9 Å². The van der Waals surface area contributed by atoms with Crippen LogP contribution in [-0.2, 0) is 9.59 Å². The van der Waals surface area contributed by atoms with Gasteiger partial charge in [-0.25, -0.2) is 9.18 Å². The normalized spacial score (nSPS) is 21.5. The molecule has 1 aliphatic rings. The van der Waals surface area contributed by atoms with Crippen LogP contribution in [0.4, 0.5) is 4.39 Å². The molecule has 1 aliphatic heterocycles. The maximum atomic E-state index is 14.3. The van der Waals surface area contributed by atoms with Crippen LogP contribution in [0.5, 0.6) is 0 Å². The molecule has 2 unspecified atom stereocenters. The van der Waals surface area contributed by atoms with Crippen LogP contribution in [-0.4, -0.2) is 27.9 Å². The van der Waals surface area contributed by atoms with E-state index < -0.39 is 29.6 Å². The van der Waals surface area contributed by atoms with E-state index in [9.17, 15) is 24.2 Å². The zero-order valence-electron chi connectivity index (χ0n) is 11.8. The summed E-state index contributed by atoms with van der Waals surface area (Å²) in [5.74, 6) is -5.54. The molecule has 0 bridgehead atoms. The Balaban J connectivity index is 2.72. The monoisotopic (exact) mass is 369 g/mol. The molecular weight excluding hydrogens is 357 g/mol. The Hall–Kier alpha value is -2.02. The molecule has 2 atom stereocenters. The summed E-state index contributed by atoms with van der Waals surface area (Å²) in [6, 6.07) is 4.13. The number of benzene rings is 1. The van der Waals surface area contributed by atoms with Crippen molar-refractivity contribution in [3.05, 3.63) is 45.3 Å². The lowest BCUT2D eigenvalue weighted by molar-refractivity contribution is -0.140. The quantitative estimate of drug-likeness (QED) is 0.856. The molecule has 1 heterocycles. The third kappa shape index (κ3) is 2.81. The van der Waals surface area contributed by atoms with Gasteiger partial charge >= 0.3 is 11.9 Å². The predicted molar refractivity (Wildman–Crippen MR) is 81.4 cm³/mol. The largest absolute Gasteiger partial charge is 0.481 e. The summed E-state index contributed by atoms with van der Waals surface area (Å²) in [4.78, 5) is 27.1. The zero-order valence-corrected chi connectivity index (χ0v) is 13.4.